The highest BCUT2D eigenvalue weighted by Crippen LogP contribution is 2.42. The molecule has 4 heterocycles. The molecule has 6 rings (SSSR count). The first-order valence-electron chi connectivity index (χ1n) is 15.3. The van der Waals surface area contributed by atoms with Gasteiger partial charge in [-0.2, -0.15) is 0 Å². The van der Waals surface area contributed by atoms with Gasteiger partial charge in [-0.3, -0.25) is 24.3 Å². The zero-order valence-electron chi connectivity index (χ0n) is 25.8. The zero-order chi connectivity index (χ0) is 32.6. The number of carbonyl (C=O) groups is 2. The number of aromatic amines is 1. The molecule has 1 aliphatic carbocycles. The summed E-state index contributed by atoms with van der Waals surface area (Å²) in [4.78, 5) is 57.2. The Bertz CT molecular complexity index is 1870. The predicted molar refractivity (Wildman–Crippen MR) is 166 cm³/mol. The average Bonchev–Trinajstić information content (AvgIpc) is 3.28. The molecule has 0 bridgehead atoms. The van der Waals surface area contributed by atoms with Gasteiger partial charge >= 0.3 is 11.8 Å². The van der Waals surface area contributed by atoms with Crippen LogP contribution in [-0.2, 0) is 9.53 Å². The van der Waals surface area contributed by atoms with Crippen LogP contribution in [0.3, 0.4) is 0 Å². The summed E-state index contributed by atoms with van der Waals surface area (Å²) in [5.41, 5.74) is 1.58. The first-order chi connectivity index (χ1) is 22.0. The molecule has 46 heavy (non-hydrogen) atoms. The number of allylic oxidation sites excluding steroid dienone is 1. The molecule has 13 heteroatoms. The number of nitrogens with zero attached hydrogens (tertiary/aromatic N) is 5. The van der Waals surface area contributed by atoms with Gasteiger partial charge < -0.3 is 15.0 Å². The third kappa shape index (κ3) is 6.26. The lowest BCUT2D eigenvalue weighted by atomic mass is 9.87. The number of pyridine rings is 1. The van der Waals surface area contributed by atoms with E-state index in [4.69, 9.17) is 4.74 Å². The number of nitrogens with one attached hydrogen (secondary N) is 2. The summed E-state index contributed by atoms with van der Waals surface area (Å²) in [5.74, 6) is -2.94. The molecule has 2 aliphatic rings. The second-order valence-corrected chi connectivity index (χ2v) is 12.6. The van der Waals surface area contributed by atoms with Crippen molar-refractivity contribution in [3.63, 3.8) is 0 Å². The number of amides is 2. The summed E-state index contributed by atoms with van der Waals surface area (Å²) < 4.78 is 36.8. The van der Waals surface area contributed by atoms with Crippen LogP contribution < -0.4 is 11.0 Å². The van der Waals surface area contributed by atoms with E-state index in [0.29, 0.717) is 48.5 Å². The smallest absolute Gasteiger partial charge is 0.408 e. The van der Waals surface area contributed by atoms with E-state index in [1.165, 1.54) is 24.5 Å². The zero-order valence-corrected chi connectivity index (χ0v) is 25.8. The van der Waals surface area contributed by atoms with Crippen molar-refractivity contribution in [2.45, 2.75) is 70.1 Å². The molecular formula is C33H35F2N7O4. The Kier molecular flexibility index (Phi) is 8.41. The fourth-order valence-corrected chi connectivity index (χ4v) is 6.36. The molecule has 240 valence electrons. The van der Waals surface area contributed by atoms with Gasteiger partial charge in [-0.05, 0) is 69.4 Å². The maximum Gasteiger partial charge on any atom is 0.408 e. The number of carbonyl (C=O) groups excluding carboxylic acids is 2. The highest BCUT2D eigenvalue weighted by molar-refractivity contribution is 5.89. The largest absolute Gasteiger partial charge is 0.444 e. The predicted octanol–water partition coefficient (Wildman–Crippen LogP) is 5.18. The number of imidazole rings is 1. The standard InChI is InChI=1S/C33H35F2N7O4/c1-33(2,3)46-32(45)39-28-22(21-6-4-7-23(34)26(21)35)10-9-19(27-29(28)37-15-14-36-27)18-25(43)41-16-11-20(12-17-41)42-24-8-5-13-38-30(24)40-31(42)44/h4-9,13-15,20,22,28H,10-12,16-18H2,1-3H3,(H,39,45)(H,38,40,44)/t22-,28-/m0/s1. The molecule has 2 atom stereocenters. The van der Waals surface area contributed by atoms with Crippen molar-refractivity contribution >= 4 is 28.7 Å². The monoisotopic (exact) mass is 631 g/mol. The summed E-state index contributed by atoms with van der Waals surface area (Å²) in [6.07, 6.45) is 6.96. The van der Waals surface area contributed by atoms with Gasteiger partial charge in [-0.25, -0.2) is 23.4 Å². The van der Waals surface area contributed by atoms with Crippen molar-refractivity contribution in [1.29, 1.82) is 0 Å². The van der Waals surface area contributed by atoms with Crippen molar-refractivity contribution in [2.24, 2.45) is 0 Å². The molecule has 0 radical (unpaired) electrons. The number of fused-ring (bicyclic) bond motifs is 2. The molecule has 3 aromatic heterocycles. The number of benzene rings is 1. The molecule has 2 N–H and O–H groups in total. The number of hydrogen-bond acceptors (Lipinski definition) is 7. The number of alkyl carbamates (subject to hydrolysis) is 1. The van der Waals surface area contributed by atoms with Gasteiger partial charge in [-0.1, -0.05) is 18.2 Å². The average molecular weight is 632 g/mol. The molecule has 0 unspecified atom stereocenters. The Labute approximate surface area is 263 Å². The van der Waals surface area contributed by atoms with Gasteiger partial charge in [0.2, 0.25) is 5.91 Å². The van der Waals surface area contributed by atoms with Gasteiger partial charge in [-0.15, -0.1) is 0 Å². The molecule has 1 aromatic carbocycles. The van der Waals surface area contributed by atoms with E-state index in [9.17, 15) is 18.8 Å². The van der Waals surface area contributed by atoms with Gasteiger partial charge in [0, 0.05) is 43.6 Å². The fraction of sp³-hybridized carbons (Fsp3) is 0.394. The van der Waals surface area contributed by atoms with E-state index in [1.54, 1.807) is 48.6 Å². The topological polar surface area (TPSA) is 135 Å². The highest BCUT2D eigenvalue weighted by atomic mass is 19.2. The Morgan fingerprint density at radius 2 is 1.80 bits per heavy atom. The summed E-state index contributed by atoms with van der Waals surface area (Å²) in [6, 6.07) is 6.55. The first kappa shape index (κ1) is 31.1. The van der Waals surface area contributed by atoms with E-state index in [0.717, 1.165) is 11.6 Å². The summed E-state index contributed by atoms with van der Waals surface area (Å²) in [7, 11) is 0. The third-order valence-corrected chi connectivity index (χ3v) is 8.41. The molecular weight excluding hydrogens is 596 g/mol. The molecule has 4 aromatic rings. The molecule has 11 nitrogen and oxygen atoms in total. The van der Waals surface area contributed by atoms with Crippen LogP contribution >= 0.6 is 0 Å². The maximum absolute atomic E-state index is 15.2. The van der Waals surface area contributed by atoms with Crippen molar-refractivity contribution in [3.8, 4) is 0 Å². The number of ether oxygens (including phenoxy) is 1. The van der Waals surface area contributed by atoms with E-state index in [2.05, 4.69) is 25.3 Å². The van der Waals surface area contributed by atoms with Crippen LogP contribution in [-0.4, -0.2) is 60.1 Å². The van der Waals surface area contributed by atoms with E-state index in [-0.39, 0.29) is 36.0 Å². The van der Waals surface area contributed by atoms with Crippen LogP contribution in [0.4, 0.5) is 13.6 Å². The molecule has 1 aliphatic heterocycles. The van der Waals surface area contributed by atoms with E-state index >= 15 is 4.39 Å². The van der Waals surface area contributed by atoms with Crippen LogP contribution in [0.25, 0.3) is 16.7 Å². The minimum absolute atomic E-state index is 0.00910. The van der Waals surface area contributed by atoms with Crippen LogP contribution in [0.15, 0.2) is 59.8 Å². The van der Waals surface area contributed by atoms with E-state index in [1.807, 2.05) is 6.07 Å². The normalized spacial score (nSPS) is 18.9. The second-order valence-electron chi connectivity index (χ2n) is 12.6. The van der Waals surface area contributed by atoms with Crippen LogP contribution in [0.2, 0.25) is 0 Å². The number of rotatable bonds is 5. The number of H-pyrrole nitrogens is 1. The van der Waals surface area contributed by atoms with Crippen molar-refractivity contribution < 1.29 is 23.1 Å². The van der Waals surface area contributed by atoms with Gasteiger partial charge in [0.15, 0.2) is 17.3 Å². The SMILES string of the molecule is CC(C)(C)OC(=O)N[C@@H]1c2nccnc2C(CC(=O)N2CCC(n3c(=O)[nH]c4ncccc43)CC2)=CC[C@H]1c1cccc(F)c1F. The Balaban J connectivity index is 1.26. The Morgan fingerprint density at radius 1 is 1.04 bits per heavy atom. The third-order valence-electron chi connectivity index (χ3n) is 8.41. The summed E-state index contributed by atoms with van der Waals surface area (Å²) in [6.45, 7) is 6.07. The van der Waals surface area contributed by atoms with Gasteiger partial charge in [0.1, 0.15) is 5.60 Å². The quantitative estimate of drug-likeness (QED) is 0.310. The second kappa shape index (κ2) is 12.5. The minimum Gasteiger partial charge on any atom is -0.444 e. The van der Waals surface area contributed by atoms with Crippen LogP contribution in [0, 0.1) is 11.6 Å². The molecule has 0 saturated carbocycles. The van der Waals surface area contributed by atoms with Crippen LogP contribution in [0.5, 0.6) is 0 Å². The molecule has 1 saturated heterocycles. The number of hydrogen-bond donors (Lipinski definition) is 2. The van der Waals surface area contributed by atoms with Crippen molar-refractivity contribution in [1.82, 2.24) is 34.7 Å². The molecule has 1 fully saturated rings. The Morgan fingerprint density at radius 3 is 2.57 bits per heavy atom. The molecule has 0 spiro atoms. The molecule has 2 amide bonds. The maximum atomic E-state index is 15.2. The lowest BCUT2D eigenvalue weighted by Crippen LogP contribution is -2.40. The summed E-state index contributed by atoms with van der Waals surface area (Å²) >= 11 is 0. The first-order valence-corrected chi connectivity index (χ1v) is 15.3. The highest BCUT2D eigenvalue weighted by Gasteiger charge is 2.36. The van der Waals surface area contributed by atoms with Gasteiger partial charge in [0.25, 0.3) is 0 Å². The van der Waals surface area contributed by atoms with E-state index < -0.39 is 35.3 Å². The summed E-state index contributed by atoms with van der Waals surface area (Å²) in [5, 5.41) is 2.82. The van der Waals surface area contributed by atoms with Crippen molar-refractivity contribution in [2.75, 3.05) is 13.1 Å². The number of piperidine rings is 1. The lowest BCUT2D eigenvalue weighted by Gasteiger charge is -2.32. The van der Waals surface area contributed by atoms with Crippen LogP contribution in [0.1, 0.15) is 81.4 Å². The number of likely N-dealkylation sites (tertiary alicyclic amines) is 1. The minimum atomic E-state index is -1.02. The van der Waals surface area contributed by atoms with Crippen molar-refractivity contribution in [3.05, 3.63) is 94.1 Å². The lowest BCUT2D eigenvalue weighted by molar-refractivity contribution is -0.131. The Hall–Kier alpha value is -4.94. The number of halogens is 2. The number of aromatic nitrogens is 5. The fourth-order valence-electron chi connectivity index (χ4n) is 6.36. The van der Waals surface area contributed by atoms with Gasteiger partial charge in [0.05, 0.1) is 29.4 Å².